The summed E-state index contributed by atoms with van der Waals surface area (Å²) in [6.45, 7) is 1.82. The molecule has 8 heteroatoms. The molecule has 2 heterocycles. The van der Waals surface area contributed by atoms with Gasteiger partial charge in [0.2, 0.25) is 11.8 Å². The molecule has 2 aliphatic rings. The van der Waals surface area contributed by atoms with Gasteiger partial charge in [0, 0.05) is 33.9 Å². The highest BCUT2D eigenvalue weighted by Crippen LogP contribution is 2.34. The summed E-state index contributed by atoms with van der Waals surface area (Å²) in [6.07, 6.45) is 3.96. The first-order valence-electron chi connectivity index (χ1n) is 9.11. The number of likely N-dealkylation sites (N-methyl/N-ethyl adjacent to an activating group) is 1. The summed E-state index contributed by atoms with van der Waals surface area (Å²) >= 11 is 0. The van der Waals surface area contributed by atoms with Gasteiger partial charge in [0.15, 0.2) is 0 Å². The molecular weight excluding hydrogens is 336 g/mol. The van der Waals surface area contributed by atoms with E-state index in [1.54, 1.807) is 18.8 Å². The zero-order valence-electron chi connectivity index (χ0n) is 15.8. The lowest BCUT2D eigenvalue weighted by Gasteiger charge is -2.37. The molecule has 0 N–H and O–H groups in total. The van der Waals surface area contributed by atoms with E-state index >= 15 is 0 Å². The van der Waals surface area contributed by atoms with Gasteiger partial charge in [-0.05, 0) is 24.8 Å². The van der Waals surface area contributed by atoms with Crippen LogP contribution in [-0.2, 0) is 32.5 Å². The molecule has 1 saturated carbocycles. The van der Waals surface area contributed by atoms with Crippen molar-refractivity contribution in [3.05, 3.63) is 18.0 Å². The third kappa shape index (κ3) is 4.42. The molecule has 3 atom stereocenters. The second-order valence-electron chi connectivity index (χ2n) is 7.36. The number of hydrogen-bond donors (Lipinski definition) is 0. The minimum Gasteiger partial charge on any atom is -0.374 e. The lowest BCUT2D eigenvalue weighted by Crippen LogP contribution is -2.51. The fraction of sp³-hybridized carbons (Fsp3) is 0.722. The second kappa shape index (κ2) is 8.18. The zero-order valence-corrected chi connectivity index (χ0v) is 15.8. The predicted molar refractivity (Wildman–Crippen MR) is 94.4 cm³/mol. The summed E-state index contributed by atoms with van der Waals surface area (Å²) in [5.41, 5.74) is 0.792. The van der Waals surface area contributed by atoms with E-state index in [4.69, 9.17) is 9.47 Å². The molecule has 144 valence electrons. The van der Waals surface area contributed by atoms with Crippen LogP contribution < -0.4 is 0 Å². The fourth-order valence-corrected chi connectivity index (χ4v) is 3.75. The minimum atomic E-state index is -0.0381. The standard InChI is InChI=1S/C18H28N4O4/c1-20(2)18(24)12-25-11-13-8-15-16(9-13)26-7-6-22(15)17(23)10-14-4-5-21(3)19-14/h4-5,13,15-16H,6-12H2,1-3H3/t13-,15-,16-/m0/s1. The molecule has 0 unspecified atom stereocenters. The second-order valence-corrected chi connectivity index (χ2v) is 7.36. The molecule has 8 nitrogen and oxygen atoms in total. The predicted octanol–water partition coefficient (Wildman–Crippen LogP) is 0.0734. The summed E-state index contributed by atoms with van der Waals surface area (Å²) in [5.74, 6) is 0.374. The van der Waals surface area contributed by atoms with Gasteiger partial charge in [-0.1, -0.05) is 0 Å². The van der Waals surface area contributed by atoms with E-state index in [0.29, 0.717) is 32.1 Å². The number of morpholine rings is 1. The summed E-state index contributed by atoms with van der Waals surface area (Å²) < 4.78 is 13.2. The van der Waals surface area contributed by atoms with Crippen LogP contribution in [-0.4, -0.2) is 84.0 Å². The van der Waals surface area contributed by atoms with Crippen molar-refractivity contribution in [3.63, 3.8) is 0 Å². The summed E-state index contributed by atoms with van der Waals surface area (Å²) in [4.78, 5) is 27.8. The van der Waals surface area contributed by atoms with Crippen LogP contribution in [0.25, 0.3) is 0 Å². The average Bonchev–Trinajstić information content (AvgIpc) is 3.19. The number of nitrogens with zero attached hydrogens (tertiary/aromatic N) is 4. The number of rotatable bonds is 6. The van der Waals surface area contributed by atoms with Gasteiger partial charge in [0.1, 0.15) is 6.61 Å². The van der Waals surface area contributed by atoms with Crippen molar-refractivity contribution in [3.8, 4) is 0 Å². The third-order valence-corrected chi connectivity index (χ3v) is 5.13. The van der Waals surface area contributed by atoms with E-state index in [1.807, 2.05) is 24.2 Å². The largest absolute Gasteiger partial charge is 0.374 e. The molecule has 1 saturated heterocycles. The van der Waals surface area contributed by atoms with Crippen LogP contribution in [0.1, 0.15) is 18.5 Å². The Labute approximate surface area is 154 Å². The molecule has 0 aromatic carbocycles. The molecule has 1 aromatic rings. The lowest BCUT2D eigenvalue weighted by atomic mass is 10.1. The number of fused-ring (bicyclic) bond motifs is 1. The summed E-state index contributed by atoms with van der Waals surface area (Å²) in [6, 6.07) is 1.97. The van der Waals surface area contributed by atoms with Crippen molar-refractivity contribution in [2.24, 2.45) is 13.0 Å². The van der Waals surface area contributed by atoms with Gasteiger partial charge < -0.3 is 19.3 Å². The van der Waals surface area contributed by atoms with Crippen LogP contribution in [0.15, 0.2) is 12.3 Å². The van der Waals surface area contributed by atoms with Crippen molar-refractivity contribution < 1.29 is 19.1 Å². The van der Waals surface area contributed by atoms with Crippen molar-refractivity contribution >= 4 is 11.8 Å². The van der Waals surface area contributed by atoms with Gasteiger partial charge >= 0.3 is 0 Å². The fourth-order valence-electron chi connectivity index (χ4n) is 3.75. The number of ether oxygens (including phenoxy) is 2. The first-order chi connectivity index (χ1) is 12.4. The molecule has 0 bridgehead atoms. The normalized spacial score (nSPS) is 25.2. The topological polar surface area (TPSA) is 76.9 Å². The Morgan fingerprint density at radius 2 is 2.19 bits per heavy atom. The highest BCUT2D eigenvalue weighted by Gasteiger charge is 2.42. The molecule has 2 amide bonds. The van der Waals surface area contributed by atoms with E-state index in [2.05, 4.69) is 5.10 Å². The number of carbonyl (C=O) groups is 2. The van der Waals surface area contributed by atoms with Crippen LogP contribution in [0.2, 0.25) is 0 Å². The van der Waals surface area contributed by atoms with E-state index in [9.17, 15) is 9.59 Å². The third-order valence-electron chi connectivity index (χ3n) is 5.13. The van der Waals surface area contributed by atoms with E-state index in [1.165, 1.54) is 4.90 Å². The highest BCUT2D eigenvalue weighted by molar-refractivity contribution is 5.79. The Morgan fingerprint density at radius 3 is 2.88 bits per heavy atom. The number of amides is 2. The minimum absolute atomic E-state index is 0.0381. The Balaban J connectivity index is 1.52. The van der Waals surface area contributed by atoms with Crippen LogP contribution >= 0.6 is 0 Å². The molecule has 3 rings (SSSR count). The van der Waals surface area contributed by atoms with Crippen LogP contribution in [0, 0.1) is 5.92 Å². The Bertz CT molecular complexity index is 645. The number of aryl methyl sites for hydroxylation is 1. The number of hydrogen-bond acceptors (Lipinski definition) is 5. The molecule has 2 fully saturated rings. The van der Waals surface area contributed by atoms with E-state index in [0.717, 1.165) is 18.5 Å². The summed E-state index contributed by atoms with van der Waals surface area (Å²) in [5, 5.41) is 4.30. The zero-order chi connectivity index (χ0) is 18.7. The van der Waals surface area contributed by atoms with Gasteiger partial charge in [0.05, 0.1) is 37.5 Å². The molecule has 1 aliphatic carbocycles. The molecular formula is C18H28N4O4. The van der Waals surface area contributed by atoms with Crippen LogP contribution in [0.4, 0.5) is 0 Å². The SMILES string of the molecule is CN(C)C(=O)COC[C@@H]1C[C@@H]2OCCN(C(=O)Cc3ccn(C)n3)[C@H]2C1. The quantitative estimate of drug-likeness (QED) is 0.714. The number of carbonyl (C=O) groups excluding carboxylic acids is 2. The van der Waals surface area contributed by atoms with Gasteiger partial charge in [0.25, 0.3) is 0 Å². The number of aromatic nitrogens is 2. The van der Waals surface area contributed by atoms with E-state index in [-0.39, 0.29) is 30.6 Å². The monoisotopic (exact) mass is 364 g/mol. The van der Waals surface area contributed by atoms with Gasteiger partial charge in [-0.25, -0.2) is 0 Å². The van der Waals surface area contributed by atoms with E-state index < -0.39 is 0 Å². The van der Waals surface area contributed by atoms with Crippen molar-refractivity contribution in [2.45, 2.75) is 31.4 Å². The first kappa shape index (κ1) is 18.8. The van der Waals surface area contributed by atoms with Crippen molar-refractivity contribution in [1.82, 2.24) is 19.6 Å². The first-order valence-corrected chi connectivity index (χ1v) is 9.11. The van der Waals surface area contributed by atoms with Crippen LogP contribution in [0.5, 0.6) is 0 Å². The molecule has 26 heavy (non-hydrogen) atoms. The maximum atomic E-state index is 12.7. The Hall–Kier alpha value is -1.93. The van der Waals surface area contributed by atoms with Crippen LogP contribution in [0.3, 0.4) is 0 Å². The average molecular weight is 364 g/mol. The maximum absolute atomic E-state index is 12.7. The smallest absolute Gasteiger partial charge is 0.248 e. The Kier molecular flexibility index (Phi) is 5.93. The molecule has 1 aliphatic heterocycles. The van der Waals surface area contributed by atoms with Gasteiger partial charge in [-0.3, -0.25) is 14.3 Å². The summed E-state index contributed by atoms with van der Waals surface area (Å²) in [7, 11) is 5.28. The Morgan fingerprint density at radius 1 is 1.38 bits per heavy atom. The highest BCUT2D eigenvalue weighted by atomic mass is 16.5. The maximum Gasteiger partial charge on any atom is 0.248 e. The molecule has 0 radical (unpaired) electrons. The van der Waals surface area contributed by atoms with Gasteiger partial charge in [-0.2, -0.15) is 5.10 Å². The molecule has 0 spiro atoms. The molecule has 1 aromatic heterocycles. The lowest BCUT2D eigenvalue weighted by molar-refractivity contribution is -0.143. The van der Waals surface area contributed by atoms with Crippen molar-refractivity contribution in [1.29, 1.82) is 0 Å². The van der Waals surface area contributed by atoms with Gasteiger partial charge in [-0.15, -0.1) is 0 Å². The van der Waals surface area contributed by atoms with Crippen molar-refractivity contribution in [2.75, 3.05) is 40.5 Å².